The predicted octanol–water partition coefficient (Wildman–Crippen LogP) is 11.7. The molecule has 9 rings (SSSR count). The normalized spacial score (nSPS) is 11.0. The van der Waals surface area contributed by atoms with Crippen LogP contribution in [-0.4, -0.2) is 15.0 Å². The van der Waals surface area contributed by atoms with Crippen molar-refractivity contribution in [2.75, 3.05) is 0 Å². The maximum absolute atomic E-state index is 10.0. The Bertz CT molecular complexity index is 2800. The van der Waals surface area contributed by atoms with Crippen LogP contribution in [0.5, 0.6) is 0 Å². The number of H-pyrrole nitrogens is 1. The Morgan fingerprint density at radius 3 is 1.69 bits per heavy atom. The van der Waals surface area contributed by atoms with Crippen LogP contribution in [0.2, 0.25) is 0 Å². The van der Waals surface area contributed by atoms with E-state index in [0.29, 0.717) is 11.4 Å². The van der Waals surface area contributed by atoms with Crippen molar-refractivity contribution >= 4 is 10.8 Å². The van der Waals surface area contributed by atoms with Crippen molar-refractivity contribution in [2.45, 2.75) is 6.92 Å². The van der Waals surface area contributed by atoms with Gasteiger partial charge >= 0.3 is 5.82 Å². The summed E-state index contributed by atoms with van der Waals surface area (Å²) in [6, 6.07) is 62.7. The lowest BCUT2D eigenvalue weighted by atomic mass is 9.92. The van der Waals surface area contributed by atoms with Crippen LogP contribution in [0.1, 0.15) is 11.1 Å². The number of aromatic amines is 1. The van der Waals surface area contributed by atoms with Crippen LogP contribution >= 0.6 is 0 Å². The van der Waals surface area contributed by atoms with E-state index in [1.165, 1.54) is 0 Å². The molecular weight excluding hydrogens is 671 g/mol. The van der Waals surface area contributed by atoms with E-state index in [1.807, 2.05) is 85.1 Å². The summed E-state index contributed by atoms with van der Waals surface area (Å²) in [6.45, 7) is 2.11. The number of aromatic nitrogens is 4. The third-order valence-corrected chi connectivity index (χ3v) is 9.98. The predicted molar refractivity (Wildman–Crippen MR) is 221 cm³/mol. The van der Waals surface area contributed by atoms with E-state index in [0.717, 1.165) is 89.3 Å². The fraction of sp³-hybridized carbons (Fsp3) is 0.0200. The second-order valence-corrected chi connectivity index (χ2v) is 13.6. The van der Waals surface area contributed by atoms with Crippen LogP contribution in [0.25, 0.3) is 89.6 Å². The van der Waals surface area contributed by atoms with Gasteiger partial charge in [0, 0.05) is 11.8 Å². The molecule has 1 N–H and O–H groups in total. The number of nitrogens with zero attached hydrogens (tertiary/aromatic N) is 4. The van der Waals surface area contributed by atoms with Crippen molar-refractivity contribution in [1.29, 1.82) is 5.26 Å². The average molecular weight is 705 g/mol. The Kier molecular flexibility index (Phi) is 8.76. The number of hydrogen-bond acceptors (Lipinski definition) is 4. The Labute approximate surface area is 320 Å². The van der Waals surface area contributed by atoms with Crippen LogP contribution in [0.3, 0.4) is 0 Å². The van der Waals surface area contributed by atoms with Gasteiger partial charge in [-0.05, 0) is 142 Å². The smallest absolute Gasteiger partial charge is 0.256 e. The molecular formula is C50H34N5+. The minimum atomic E-state index is 0.627. The number of hydrogen-bond donors (Lipinski definition) is 0. The number of benzene rings is 7. The molecule has 2 heterocycles. The standard InChI is InChI=1S/C50H33N5/c1-33-26-42(47-14-8-9-25-52-47)23-24-46(33)45-28-34(32-51)27-43(31-45)41-22-18-36-17-21-40(29-44(36)30-41)35-15-19-39(20-16-35)50-54-48(37-10-4-2-5-11-37)53-49(55-50)38-12-6-3-7-13-38/h2-31H,1H3/p+1. The zero-order valence-electron chi connectivity index (χ0n) is 30.1. The molecule has 0 spiro atoms. The van der Waals surface area contributed by atoms with Crippen molar-refractivity contribution in [3.63, 3.8) is 0 Å². The molecule has 0 amide bonds. The van der Waals surface area contributed by atoms with Gasteiger partial charge in [-0.15, -0.1) is 0 Å². The van der Waals surface area contributed by atoms with Gasteiger partial charge in [-0.25, -0.2) is 4.98 Å². The fourth-order valence-electron chi connectivity index (χ4n) is 7.11. The van der Waals surface area contributed by atoms with Gasteiger partial charge in [0.1, 0.15) is 0 Å². The van der Waals surface area contributed by atoms with E-state index < -0.39 is 0 Å². The number of fused-ring (bicyclic) bond motifs is 1. The monoisotopic (exact) mass is 704 g/mol. The Balaban J connectivity index is 1.04. The molecule has 0 unspecified atom stereocenters. The molecule has 55 heavy (non-hydrogen) atoms. The molecule has 0 bridgehead atoms. The number of aryl methyl sites for hydroxylation is 1. The SMILES string of the molecule is Cc1cc(-c2ccccn2)ccc1-c1cc(C#N)cc(-c2ccc3ccc(-c4ccc(-c5nc(-c6ccccc6)nc(-c6ccccc6)[nH+]5)cc4)cc3c2)c1. The molecule has 0 saturated heterocycles. The van der Waals surface area contributed by atoms with Gasteiger partial charge in [0.2, 0.25) is 0 Å². The maximum Gasteiger partial charge on any atom is 0.308 e. The van der Waals surface area contributed by atoms with Crippen LogP contribution < -0.4 is 4.98 Å². The summed E-state index contributed by atoms with van der Waals surface area (Å²) in [5, 5.41) is 12.3. The van der Waals surface area contributed by atoms with Gasteiger partial charge in [-0.2, -0.15) is 5.26 Å². The first-order valence-electron chi connectivity index (χ1n) is 18.2. The molecule has 0 aliphatic heterocycles. The summed E-state index contributed by atoms with van der Waals surface area (Å²) in [4.78, 5) is 17.8. The lowest BCUT2D eigenvalue weighted by molar-refractivity contribution is -0.359. The molecule has 5 nitrogen and oxygen atoms in total. The van der Waals surface area contributed by atoms with E-state index >= 15 is 0 Å². The maximum atomic E-state index is 10.0. The van der Waals surface area contributed by atoms with Crippen molar-refractivity contribution in [2.24, 2.45) is 0 Å². The van der Waals surface area contributed by atoms with Gasteiger partial charge in [0.05, 0.1) is 34.0 Å². The van der Waals surface area contributed by atoms with E-state index in [9.17, 15) is 5.26 Å². The molecule has 5 heteroatoms. The lowest BCUT2D eigenvalue weighted by Crippen LogP contribution is -2.16. The van der Waals surface area contributed by atoms with Gasteiger partial charge in [0.25, 0.3) is 11.6 Å². The minimum absolute atomic E-state index is 0.627. The second kappa shape index (κ2) is 14.5. The van der Waals surface area contributed by atoms with Crippen LogP contribution in [0.15, 0.2) is 182 Å². The Hall–Kier alpha value is -7.55. The first-order valence-corrected chi connectivity index (χ1v) is 18.2. The summed E-state index contributed by atoms with van der Waals surface area (Å²) >= 11 is 0. The quantitative estimate of drug-likeness (QED) is 0.165. The van der Waals surface area contributed by atoms with Crippen molar-refractivity contribution in [1.82, 2.24) is 15.0 Å². The average Bonchev–Trinajstić information content (AvgIpc) is 3.26. The molecule has 0 atom stereocenters. The molecule has 2 aromatic heterocycles. The molecule has 0 fully saturated rings. The van der Waals surface area contributed by atoms with Crippen molar-refractivity contribution in [3.05, 3.63) is 193 Å². The molecule has 258 valence electrons. The van der Waals surface area contributed by atoms with E-state index in [2.05, 4.69) is 120 Å². The van der Waals surface area contributed by atoms with E-state index in [4.69, 9.17) is 9.97 Å². The molecule has 0 aliphatic carbocycles. The highest BCUT2D eigenvalue weighted by molar-refractivity contribution is 5.92. The molecule has 9 aromatic rings. The topological polar surface area (TPSA) is 76.6 Å². The van der Waals surface area contributed by atoms with Gasteiger partial charge in [-0.1, -0.05) is 101 Å². The lowest BCUT2D eigenvalue weighted by Gasteiger charge is -2.12. The van der Waals surface area contributed by atoms with Gasteiger partial charge in [-0.3, -0.25) is 4.98 Å². The molecule has 0 radical (unpaired) electrons. The minimum Gasteiger partial charge on any atom is -0.256 e. The second-order valence-electron chi connectivity index (χ2n) is 13.6. The molecule has 0 aliphatic rings. The molecule has 0 saturated carbocycles. The first kappa shape index (κ1) is 33.3. The highest BCUT2D eigenvalue weighted by atomic mass is 15.0. The number of rotatable bonds is 7. The summed E-state index contributed by atoms with van der Waals surface area (Å²) in [7, 11) is 0. The summed E-state index contributed by atoms with van der Waals surface area (Å²) < 4.78 is 0. The van der Waals surface area contributed by atoms with E-state index in [1.54, 1.807) is 0 Å². The molecule has 7 aromatic carbocycles. The highest BCUT2D eigenvalue weighted by Crippen LogP contribution is 2.35. The van der Waals surface area contributed by atoms with Crippen LogP contribution in [0, 0.1) is 18.3 Å². The number of nitriles is 1. The Morgan fingerprint density at radius 1 is 0.455 bits per heavy atom. The number of nitrogens with one attached hydrogen (secondary N) is 1. The van der Waals surface area contributed by atoms with Crippen molar-refractivity contribution < 1.29 is 4.98 Å². The zero-order valence-corrected chi connectivity index (χ0v) is 30.1. The summed E-state index contributed by atoms with van der Waals surface area (Å²) in [5.41, 5.74) is 13.1. The zero-order chi connectivity index (χ0) is 37.1. The largest absolute Gasteiger partial charge is 0.308 e. The third kappa shape index (κ3) is 6.89. The van der Waals surface area contributed by atoms with Gasteiger partial charge < -0.3 is 0 Å². The highest BCUT2D eigenvalue weighted by Gasteiger charge is 2.20. The van der Waals surface area contributed by atoms with Gasteiger partial charge in [0.15, 0.2) is 0 Å². The van der Waals surface area contributed by atoms with Crippen molar-refractivity contribution in [3.8, 4) is 84.9 Å². The van der Waals surface area contributed by atoms with Crippen LogP contribution in [0.4, 0.5) is 0 Å². The third-order valence-electron chi connectivity index (χ3n) is 9.98. The summed E-state index contributed by atoms with van der Waals surface area (Å²) in [6.07, 6.45) is 1.81. The first-order chi connectivity index (χ1) is 27.1. The van der Waals surface area contributed by atoms with Crippen LogP contribution in [-0.2, 0) is 0 Å². The fourth-order valence-corrected chi connectivity index (χ4v) is 7.11. The number of pyridine rings is 1. The van der Waals surface area contributed by atoms with E-state index in [-0.39, 0.29) is 0 Å². The summed E-state index contributed by atoms with van der Waals surface area (Å²) in [5.74, 6) is 2.18. The Morgan fingerprint density at radius 2 is 1.04 bits per heavy atom.